The van der Waals surface area contributed by atoms with Crippen LogP contribution in [0.3, 0.4) is 0 Å². The molecule has 0 spiro atoms. The molecule has 0 aromatic rings. The zero-order chi connectivity index (χ0) is 22.9. The monoisotopic (exact) mass is 432 g/mol. The van der Waals surface area contributed by atoms with Crippen molar-refractivity contribution in [1.82, 2.24) is 0 Å². The lowest BCUT2D eigenvalue weighted by Crippen LogP contribution is -2.43. The standard InChI is InChI=1S/C26H40O5/c1-7-26(5,6)25(29)31-22-13-15(2)12-18-9-8-16(3)20(23(18)22)11-10-19-14-21(27)17(4)24(28)30-19/h8-9,12,15-17,19-23,27H,7,10-11,13-14H2,1-6H3/t15-,16-,17?,19+,20-,21+,22-,23?/m0/s1. The second kappa shape index (κ2) is 9.48. The topological polar surface area (TPSA) is 72.8 Å². The third-order valence-corrected chi connectivity index (χ3v) is 7.85. The van der Waals surface area contributed by atoms with E-state index in [0.29, 0.717) is 24.2 Å². The van der Waals surface area contributed by atoms with Crippen LogP contribution in [-0.4, -0.2) is 35.4 Å². The van der Waals surface area contributed by atoms with E-state index in [9.17, 15) is 14.7 Å². The number of fused-ring (bicyclic) bond motifs is 1. The fourth-order valence-electron chi connectivity index (χ4n) is 5.17. The van der Waals surface area contributed by atoms with Gasteiger partial charge in [0.25, 0.3) is 0 Å². The Morgan fingerprint density at radius 2 is 1.94 bits per heavy atom. The normalized spacial score (nSPS) is 38.2. The Morgan fingerprint density at radius 1 is 1.23 bits per heavy atom. The minimum Gasteiger partial charge on any atom is -0.462 e. The van der Waals surface area contributed by atoms with E-state index in [1.165, 1.54) is 5.57 Å². The van der Waals surface area contributed by atoms with E-state index in [1.54, 1.807) is 6.92 Å². The van der Waals surface area contributed by atoms with Crippen molar-refractivity contribution in [1.29, 1.82) is 0 Å². The molecule has 8 atom stereocenters. The third-order valence-electron chi connectivity index (χ3n) is 7.85. The number of allylic oxidation sites excluding steroid dienone is 3. The van der Waals surface area contributed by atoms with Crippen molar-refractivity contribution in [2.45, 2.75) is 92.0 Å². The lowest BCUT2D eigenvalue weighted by molar-refractivity contribution is -0.170. The molecule has 0 bridgehead atoms. The average molecular weight is 433 g/mol. The lowest BCUT2D eigenvalue weighted by Gasteiger charge is -2.44. The summed E-state index contributed by atoms with van der Waals surface area (Å²) in [7, 11) is 0. The summed E-state index contributed by atoms with van der Waals surface area (Å²) in [6, 6.07) is 0. The number of rotatable bonds is 6. The van der Waals surface area contributed by atoms with Crippen LogP contribution in [0.1, 0.15) is 73.6 Å². The van der Waals surface area contributed by atoms with Crippen molar-refractivity contribution < 1.29 is 24.2 Å². The second-order valence-corrected chi connectivity index (χ2v) is 10.7. The van der Waals surface area contributed by atoms with Crippen LogP contribution >= 0.6 is 0 Å². The molecule has 0 aromatic heterocycles. The van der Waals surface area contributed by atoms with Crippen LogP contribution in [0.2, 0.25) is 0 Å². The number of hydrogen-bond acceptors (Lipinski definition) is 5. The average Bonchev–Trinajstić information content (AvgIpc) is 2.71. The summed E-state index contributed by atoms with van der Waals surface area (Å²) in [6.45, 7) is 12.0. The fraction of sp³-hybridized carbons (Fsp3) is 0.769. The van der Waals surface area contributed by atoms with Gasteiger partial charge in [-0.15, -0.1) is 0 Å². The highest BCUT2D eigenvalue weighted by molar-refractivity contribution is 5.76. The third kappa shape index (κ3) is 5.24. The molecule has 1 heterocycles. The maximum atomic E-state index is 12.9. The number of hydrogen-bond donors (Lipinski definition) is 1. The van der Waals surface area contributed by atoms with E-state index in [1.807, 2.05) is 20.8 Å². The van der Waals surface area contributed by atoms with Gasteiger partial charge in [0.2, 0.25) is 0 Å². The van der Waals surface area contributed by atoms with Crippen LogP contribution in [-0.2, 0) is 19.1 Å². The zero-order valence-corrected chi connectivity index (χ0v) is 20.0. The lowest BCUT2D eigenvalue weighted by atomic mass is 9.65. The quantitative estimate of drug-likeness (QED) is 0.609. The summed E-state index contributed by atoms with van der Waals surface area (Å²) in [5.74, 6) is 0.307. The molecule has 3 rings (SSSR count). The zero-order valence-electron chi connectivity index (χ0n) is 20.0. The summed E-state index contributed by atoms with van der Waals surface area (Å²) in [5, 5.41) is 10.2. The smallest absolute Gasteiger partial charge is 0.311 e. The summed E-state index contributed by atoms with van der Waals surface area (Å²) in [4.78, 5) is 24.9. The number of cyclic esters (lactones) is 1. The van der Waals surface area contributed by atoms with Crippen molar-refractivity contribution in [3.8, 4) is 0 Å². The van der Waals surface area contributed by atoms with Gasteiger partial charge in [-0.2, -0.15) is 0 Å². The molecular formula is C26H40O5. The summed E-state index contributed by atoms with van der Waals surface area (Å²) < 4.78 is 11.7. The van der Waals surface area contributed by atoms with Crippen LogP contribution in [0, 0.1) is 35.0 Å². The minimum absolute atomic E-state index is 0.118. The van der Waals surface area contributed by atoms with E-state index >= 15 is 0 Å². The Balaban J connectivity index is 1.76. The van der Waals surface area contributed by atoms with E-state index < -0.39 is 17.4 Å². The van der Waals surface area contributed by atoms with Gasteiger partial charge in [0, 0.05) is 12.3 Å². The molecule has 0 amide bonds. The highest BCUT2D eigenvalue weighted by Gasteiger charge is 2.43. The second-order valence-electron chi connectivity index (χ2n) is 10.7. The largest absolute Gasteiger partial charge is 0.462 e. The molecule has 1 aliphatic heterocycles. The van der Waals surface area contributed by atoms with Gasteiger partial charge in [0.15, 0.2) is 0 Å². The van der Waals surface area contributed by atoms with Gasteiger partial charge >= 0.3 is 11.9 Å². The molecule has 0 aromatic carbocycles. The van der Waals surface area contributed by atoms with E-state index in [4.69, 9.17) is 9.47 Å². The predicted octanol–water partition coefficient (Wildman–Crippen LogP) is 4.83. The Hall–Kier alpha value is -1.62. The molecule has 1 saturated heterocycles. The Bertz CT molecular complexity index is 736. The fourth-order valence-corrected chi connectivity index (χ4v) is 5.17. The molecule has 3 aliphatic rings. The van der Waals surface area contributed by atoms with Gasteiger partial charge in [0.05, 0.1) is 17.4 Å². The van der Waals surface area contributed by atoms with Crippen LogP contribution in [0.5, 0.6) is 0 Å². The van der Waals surface area contributed by atoms with Crippen molar-refractivity contribution in [2.24, 2.45) is 35.0 Å². The molecule has 2 aliphatic carbocycles. The van der Waals surface area contributed by atoms with Crippen molar-refractivity contribution >= 4 is 11.9 Å². The molecule has 174 valence electrons. The molecule has 1 fully saturated rings. The van der Waals surface area contributed by atoms with Gasteiger partial charge < -0.3 is 14.6 Å². The minimum atomic E-state index is -0.633. The number of aliphatic hydroxyl groups is 1. The molecule has 31 heavy (non-hydrogen) atoms. The van der Waals surface area contributed by atoms with Crippen molar-refractivity contribution in [3.63, 3.8) is 0 Å². The molecule has 5 nitrogen and oxygen atoms in total. The Morgan fingerprint density at radius 3 is 2.58 bits per heavy atom. The van der Waals surface area contributed by atoms with Crippen molar-refractivity contribution in [2.75, 3.05) is 0 Å². The maximum Gasteiger partial charge on any atom is 0.311 e. The highest BCUT2D eigenvalue weighted by Crippen LogP contribution is 2.45. The molecule has 5 heteroatoms. The van der Waals surface area contributed by atoms with E-state index in [-0.39, 0.29) is 30.1 Å². The Kier molecular flexibility index (Phi) is 7.35. The predicted molar refractivity (Wildman–Crippen MR) is 120 cm³/mol. The summed E-state index contributed by atoms with van der Waals surface area (Å²) in [5.41, 5.74) is 0.780. The van der Waals surface area contributed by atoms with Crippen LogP contribution in [0.25, 0.3) is 0 Å². The highest BCUT2D eigenvalue weighted by atomic mass is 16.6. The SMILES string of the molecule is CCC(C)(C)C(=O)O[C@H]1C[C@@H](C)C=C2C=C[C@H](C)[C@H](CC[C@@H]3C[C@@H](O)C(C)C(=O)O3)C21. The number of aliphatic hydroxyl groups excluding tert-OH is 1. The first-order valence-electron chi connectivity index (χ1n) is 12.0. The first kappa shape index (κ1) is 24.0. The Labute approximate surface area is 187 Å². The van der Waals surface area contributed by atoms with Crippen LogP contribution in [0.4, 0.5) is 0 Å². The number of carbonyl (C=O) groups excluding carboxylic acids is 2. The van der Waals surface area contributed by atoms with Gasteiger partial charge in [-0.1, -0.05) is 39.0 Å². The molecule has 0 saturated carbocycles. The van der Waals surface area contributed by atoms with Gasteiger partial charge in [-0.25, -0.2) is 0 Å². The van der Waals surface area contributed by atoms with Gasteiger partial charge in [0.1, 0.15) is 12.2 Å². The number of esters is 2. The van der Waals surface area contributed by atoms with Crippen LogP contribution < -0.4 is 0 Å². The molecular weight excluding hydrogens is 392 g/mol. The van der Waals surface area contributed by atoms with Gasteiger partial charge in [-0.05, 0) is 69.8 Å². The summed E-state index contributed by atoms with van der Waals surface area (Å²) >= 11 is 0. The molecule has 1 N–H and O–H groups in total. The van der Waals surface area contributed by atoms with E-state index in [0.717, 1.165) is 25.7 Å². The summed E-state index contributed by atoms with van der Waals surface area (Å²) in [6.07, 6.45) is 9.44. The molecule has 0 radical (unpaired) electrons. The molecule has 2 unspecified atom stereocenters. The van der Waals surface area contributed by atoms with Crippen molar-refractivity contribution in [3.05, 3.63) is 23.8 Å². The first-order valence-corrected chi connectivity index (χ1v) is 12.0. The number of carbonyl (C=O) groups is 2. The first-order chi connectivity index (χ1) is 14.5. The number of ether oxygens (including phenoxy) is 2. The van der Waals surface area contributed by atoms with Gasteiger partial charge in [-0.3, -0.25) is 9.59 Å². The van der Waals surface area contributed by atoms with E-state index in [2.05, 4.69) is 32.1 Å². The maximum absolute atomic E-state index is 12.9. The van der Waals surface area contributed by atoms with Crippen LogP contribution in [0.15, 0.2) is 23.8 Å².